The lowest BCUT2D eigenvalue weighted by molar-refractivity contribution is 0.368. The molecule has 0 amide bonds. The van der Waals surface area contributed by atoms with Crippen LogP contribution in [-0.4, -0.2) is 22.6 Å². The first-order valence-corrected chi connectivity index (χ1v) is 8.95. The van der Waals surface area contributed by atoms with Gasteiger partial charge in [-0.05, 0) is 68.6 Å². The number of aromatic nitrogens is 2. The molecule has 2 aromatic carbocycles. The van der Waals surface area contributed by atoms with Gasteiger partial charge in [-0.1, -0.05) is 30.3 Å². The van der Waals surface area contributed by atoms with Crippen molar-refractivity contribution in [1.82, 2.24) is 14.9 Å². The van der Waals surface area contributed by atoms with E-state index >= 15 is 0 Å². The van der Waals surface area contributed by atoms with Crippen LogP contribution >= 0.6 is 0 Å². The number of piperidine rings is 1. The van der Waals surface area contributed by atoms with Crippen molar-refractivity contribution in [2.45, 2.75) is 39.2 Å². The third kappa shape index (κ3) is 2.84. The van der Waals surface area contributed by atoms with Crippen LogP contribution in [0.25, 0.3) is 11.0 Å². The van der Waals surface area contributed by atoms with Crippen molar-refractivity contribution < 1.29 is 0 Å². The fourth-order valence-corrected chi connectivity index (χ4v) is 3.78. The Kier molecular flexibility index (Phi) is 4.11. The highest BCUT2D eigenvalue weighted by molar-refractivity contribution is 5.78. The highest BCUT2D eigenvalue weighted by atomic mass is 15.1. The maximum absolute atomic E-state index is 5.03. The van der Waals surface area contributed by atoms with Gasteiger partial charge in [-0.3, -0.25) is 0 Å². The lowest BCUT2D eigenvalue weighted by Gasteiger charge is -2.26. The monoisotopic (exact) mass is 319 g/mol. The Bertz CT molecular complexity index is 842. The first-order valence-electron chi connectivity index (χ1n) is 8.95. The maximum atomic E-state index is 5.03. The zero-order valence-corrected chi connectivity index (χ0v) is 14.5. The van der Waals surface area contributed by atoms with Crippen LogP contribution in [0.15, 0.2) is 42.5 Å². The standard InChI is InChI=1S/C21H25N3/c1-15-12-19-20(13-16(15)2)24(18-8-10-22-11-9-18)21(23-19)14-17-6-4-3-5-7-17/h3-7,12-13,18,22H,8-11,14H2,1-2H3. The average Bonchev–Trinajstić information content (AvgIpc) is 2.94. The first-order chi connectivity index (χ1) is 11.7. The molecule has 1 aliphatic heterocycles. The van der Waals surface area contributed by atoms with Crippen LogP contribution in [0.4, 0.5) is 0 Å². The molecule has 1 N–H and O–H groups in total. The second kappa shape index (κ2) is 6.40. The van der Waals surface area contributed by atoms with Gasteiger partial charge < -0.3 is 9.88 Å². The number of imidazole rings is 1. The van der Waals surface area contributed by atoms with Crippen LogP contribution in [0, 0.1) is 13.8 Å². The van der Waals surface area contributed by atoms with E-state index in [9.17, 15) is 0 Å². The van der Waals surface area contributed by atoms with E-state index in [1.165, 1.54) is 40.9 Å². The van der Waals surface area contributed by atoms with E-state index in [0.717, 1.165) is 25.0 Å². The molecular weight excluding hydrogens is 294 g/mol. The van der Waals surface area contributed by atoms with Gasteiger partial charge >= 0.3 is 0 Å². The number of hydrogen-bond donors (Lipinski definition) is 1. The summed E-state index contributed by atoms with van der Waals surface area (Å²) in [6.07, 6.45) is 3.26. The van der Waals surface area contributed by atoms with Gasteiger partial charge in [0, 0.05) is 12.5 Å². The van der Waals surface area contributed by atoms with Crippen LogP contribution in [0.1, 0.15) is 41.4 Å². The normalized spacial score (nSPS) is 15.9. The van der Waals surface area contributed by atoms with Crippen LogP contribution in [0.3, 0.4) is 0 Å². The molecule has 124 valence electrons. The SMILES string of the molecule is Cc1cc2nc(Cc3ccccc3)n(C3CCNCC3)c2cc1C. The predicted octanol–water partition coefficient (Wildman–Crippen LogP) is 4.17. The lowest BCUT2D eigenvalue weighted by Crippen LogP contribution is -2.30. The Hall–Kier alpha value is -2.13. The Morgan fingerprint density at radius 3 is 2.50 bits per heavy atom. The summed E-state index contributed by atoms with van der Waals surface area (Å²) in [5.74, 6) is 1.20. The summed E-state index contributed by atoms with van der Waals surface area (Å²) in [5.41, 5.74) is 6.45. The molecule has 0 atom stereocenters. The molecule has 0 saturated carbocycles. The molecule has 0 bridgehead atoms. The van der Waals surface area contributed by atoms with Gasteiger partial charge in [0.15, 0.2) is 0 Å². The molecule has 3 aromatic rings. The number of rotatable bonds is 3. The average molecular weight is 319 g/mol. The van der Waals surface area contributed by atoms with Gasteiger partial charge in [0.1, 0.15) is 5.82 Å². The predicted molar refractivity (Wildman–Crippen MR) is 99.6 cm³/mol. The number of nitrogens with one attached hydrogen (secondary N) is 1. The highest BCUT2D eigenvalue weighted by Crippen LogP contribution is 2.29. The second-order valence-electron chi connectivity index (χ2n) is 6.97. The molecule has 0 aliphatic carbocycles. The maximum Gasteiger partial charge on any atom is 0.114 e. The molecule has 0 radical (unpaired) electrons. The van der Waals surface area contributed by atoms with E-state index in [-0.39, 0.29) is 0 Å². The van der Waals surface area contributed by atoms with E-state index < -0.39 is 0 Å². The summed E-state index contributed by atoms with van der Waals surface area (Å²) < 4.78 is 2.52. The summed E-state index contributed by atoms with van der Waals surface area (Å²) in [4.78, 5) is 5.03. The molecule has 3 heteroatoms. The van der Waals surface area contributed by atoms with Crippen molar-refractivity contribution >= 4 is 11.0 Å². The fraction of sp³-hybridized carbons (Fsp3) is 0.381. The minimum Gasteiger partial charge on any atom is -0.324 e. The number of nitrogens with zero attached hydrogens (tertiary/aromatic N) is 2. The molecule has 1 aromatic heterocycles. The van der Waals surface area contributed by atoms with Gasteiger partial charge in [-0.25, -0.2) is 4.98 Å². The zero-order chi connectivity index (χ0) is 16.5. The van der Waals surface area contributed by atoms with Crippen LogP contribution < -0.4 is 5.32 Å². The van der Waals surface area contributed by atoms with E-state index in [1.54, 1.807) is 0 Å². The minimum absolute atomic E-state index is 0.553. The molecule has 4 rings (SSSR count). The smallest absolute Gasteiger partial charge is 0.114 e. The molecule has 0 spiro atoms. The largest absolute Gasteiger partial charge is 0.324 e. The summed E-state index contributed by atoms with van der Waals surface area (Å²) in [7, 11) is 0. The molecule has 2 heterocycles. The molecule has 0 unspecified atom stereocenters. The summed E-state index contributed by atoms with van der Waals surface area (Å²) >= 11 is 0. The lowest BCUT2D eigenvalue weighted by atomic mass is 10.0. The quantitative estimate of drug-likeness (QED) is 0.785. The zero-order valence-electron chi connectivity index (χ0n) is 14.5. The van der Waals surface area contributed by atoms with Crippen LogP contribution in [-0.2, 0) is 6.42 Å². The number of fused-ring (bicyclic) bond motifs is 1. The fourth-order valence-electron chi connectivity index (χ4n) is 3.78. The van der Waals surface area contributed by atoms with Crippen molar-refractivity contribution in [2.75, 3.05) is 13.1 Å². The second-order valence-corrected chi connectivity index (χ2v) is 6.97. The summed E-state index contributed by atoms with van der Waals surface area (Å²) in [6.45, 7) is 6.57. The third-order valence-corrected chi connectivity index (χ3v) is 5.26. The molecule has 1 saturated heterocycles. The molecule has 3 nitrogen and oxygen atoms in total. The van der Waals surface area contributed by atoms with E-state index in [0.29, 0.717) is 6.04 Å². The first kappa shape index (κ1) is 15.4. The van der Waals surface area contributed by atoms with Gasteiger partial charge in [0.05, 0.1) is 11.0 Å². The van der Waals surface area contributed by atoms with Crippen LogP contribution in [0.2, 0.25) is 0 Å². The number of hydrogen-bond acceptors (Lipinski definition) is 2. The highest BCUT2D eigenvalue weighted by Gasteiger charge is 2.21. The molecule has 24 heavy (non-hydrogen) atoms. The molecule has 1 fully saturated rings. The Morgan fingerprint density at radius 2 is 1.75 bits per heavy atom. The summed E-state index contributed by atoms with van der Waals surface area (Å²) in [5, 5.41) is 3.48. The third-order valence-electron chi connectivity index (χ3n) is 5.26. The van der Waals surface area contributed by atoms with Crippen molar-refractivity contribution in [2.24, 2.45) is 0 Å². The minimum atomic E-state index is 0.553. The Labute approximate surface area is 143 Å². The van der Waals surface area contributed by atoms with Crippen LogP contribution in [0.5, 0.6) is 0 Å². The van der Waals surface area contributed by atoms with Crippen molar-refractivity contribution in [3.05, 3.63) is 65.0 Å². The van der Waals surface area contributed by atoms with Gasteiger partial charge in [0.2, 0.25) is 0 Å². The van der Waals surface area contributed by atoms with E-state index in [4.69, 9.17) is 4.98 Å². The number of benzene rings is 2. The van der Waals surface area contributed by atoms with Gasteiger partial charge in [-0.2, -0.15) is 0 Å². The van der Waals surface area contributed by atoms with Crippen molar-refractivity contribution in [3.8, 4) is 0 Å². The topological polar surface area (TPSA) is 29.9 Å². The van der Waals surface area contributed by atoms with E-state index in [1.807, 2.05) is 0 Å². The number of aryl methyl sites for hydroxylation is 2. The Balaban J connectivity index is 1.84. The van der Waals surface area contributed by atoms with Crippen molar-refractivity contribution in [3.63, 3.8) is 0 Å². The summed E-state index contributed by atoms with van der Waals surface area (Å²) in [6, 6.07) is 15.8. The van der Waals surface area contributed by atoms with Crippen molar-refractivity contribution in [1.29, 1.82) is 0 Å². The van der Waals surface area contributed by atoms with E-state index in [2.05, 4.69) is 66.2 Å². The molecule has 1 aliphatic rings. The molecular formula is C21H25N3. The van der Waals surface area contributed by atoms with Gasteiger partial charge in [-0.15, -0.1) is 0 Å². The Morgan fingerprint density at radius 1 is 1.04 bits per heavy atom. The van der Waals surface area contributed by atoms with Gasteiger partial charge in [0.25, 0.3) is 0 Å².